The highest BCUT2D eigenvalue weighted by molar-refractivity contribution is 6.04. The standard InChI is InChI=1S/C24H26O/c1-15(2)10-17-4-3-5-18-12-22-21(13-20(17)18)23(25)8-9-24(22)14-16-6-7-19(24)11-16/h3-6,12-13,15,19H,7-11,14H2,1-2H3. The van der Waals surface area contributed by atoms with Crippen LogP contribution in [0.25, 0.3) is 10.8 Å². The van der Waals surface area contributed by atoms with Gasteiger partial charge in [-0.1, -0.05) is 43.7 Å². The Hall–Kier alpha value is -1.89. The van der Waals surface area contributed by atoms with Crippen molar-refractivity contribution in [3.63, 3.8) is 0 Å². The molecule has 1 nitrogen and oxygen atoms in total. The summed E-state index contributed by atoms with van der Waals surface area (Å²) in [6.45, 7) is 4.53. The second-order valence-electron chi connectivity index (χ2n) is 8.89. The molecule has 0 N–H and O–H groups in total. The average molecular weight is 330 g/mol. The Balaban J connectivity index is 1.73. The monoisotopic (exact) mass is 330 g/mol. The Morgan fingerprint density at radius 2 is 2.12 bits per heavy atom. The van der Waals surface area contributed by atoms with Gasteiger partial charge in [0.1, 0.15) is 0 Å². The topological polar surface area (TPSA) is 17.1 Å². The predicted molar refractivity (Wildman–Crippen MR) is 103 cm³/mol. The van der Waals surface area contributed by atoms with Crippen LogP contribution in [0.1, 0.15) is 67.4 Å². The number of fused-ring (bicyclic) bond motifs is 6. The molecular formula is C24H26O. The van der Waals surface area contributed by atoms with Gasteiger partial charge in [-0.15, -0.1) is 0 Å². The van der Waals surface area contributed by atoms with Gasteiger partial charge in [0.25, 0.3) is 0 Å². The van der Waals surface area contributed by atoms with Crippen LogP contribution in [0.4, 0.5) is 0 Å². The lowest BCUT2D eigenvalue weighted by atomic mass is 9.62. The van der Waals surface area contributed by atoms with Gasteiger partial charge >= 0.3 is 0 Å². The molecule has 1 fully saturated rings. The lowest BCUT2D eigenvalue weighted by molar-refractivity contribution is 0.0940. The number of benzene rings is 2. The highest BCUT2D eigenvalue weighted by Gasteiger charge is 2.51. The summed E-state index contributed by atoms with van der Waals surface area (Å²) in [7, 11) is 0. The maximum atomic E-state index is 12.8. The fourth-order valence-electron chi connectivity index (χ4n) is 5.77. The number of hydrogen-bond acceptors (Lipinski definition) is 1. The second-order valence-corrected chi connectivity index (χ2v) is 8.89. The van der Waals surface area contributed by atoms with E-state index in [1.54, 1.807) is 5.57 Å². The Morgan fingerprint density at radius 3 is 2.84 bits per heavy atom. The number of carbonyl (C=O) groups is 1. The summed E-state index contributed by atoms with van der Waals surface area (Å²) < 4.78 is 0. The first-order valence-corrected chi connectivity index (χ1v) is 9.84. The maximum Gasteiger partial charge on any atom is 0.163 e. The molecule has 3 aliphatic rings. The zero-order valence-electron chi connectivity index (χ0n) is 15.3. The van der Waals surface area contributed by atoms with Crippen molar-refractivity contribution in [1.82, 2.24) is 0 Å². The summed E-state index contributed by atoms with van der Waals surface area (Å²) in [5.74, 6) is 1.71. The number of Topliss-reactive ketones (excluding diaryl/α,β-unsaturated/α-hetero) is 1. The molecule has 2 atom stereocenters. The fraction of sp³-hybridized carbons (Fsp3) is 0.458. The minimum Gasteiger partial charge on any atom is -0.294 e. The Kier molecular flexibility index (Phi) is 3.26. The lowest BCUT2D eigenvalue weighted by Gasteiger charge is -2.41. The van der Waals surface area contributed by atoms with E-state index in [1.165, 1.54) is 41.2 Å². The fourth-order valence-corrected chi connectivity index (χ4v) is 5.77. The molecule has 0 saturated heterocycles. The smallest absolute Gasteiger partial charge is 0.163 e. The molecule has 1 saturated carbocycles. The van der Waals surface area contributed by atoms with Crippen LogP contribution in [0.15, 0.2) is 42.0 Å². The van der Waals surface area contributed by atoms with E-state index >= 15 is 0 Å². The molecule has 2 aromatic carbocycles. The molecular weight excluding hydrogens is 304 g/mol. The molecule has 0 amide bonds. The first-order valence-electron chi connectivity index (χ1n) is 9.84. The molecule has 3 aliphatic carbocycles. The van der Waals surface area contributed by atoms with Crippen molar-refractivity contribution < 1.29 is 4.79 Å². The third kappa shape index (κ3) is 2.18. The van der Waals surface area contributed by atoms with Gasteiger partial charge in [0.2, 0.25) is 0 Å². The van der Waals surface area contributed by atoms with Gasteiger partial charge < -0.3 is 0 Å². The van der Waals surface area contributed by atoms with E-state index in [0.717, 1.165) is 30.7 Å². The SMILES string of the molecule is CC(C)Cc1cccc2cc3c(cc12)C(=O)CCC31CC2=CCC1C2. The molecule has 1 spiro atoms. The van der Waals surface area contributed by atoms with E-state index < -0.39 is 0 Å². The predicted octanol–water partition coefficient (Wildman–Crippen LogP) is 5.99. The average Bonchev–Trinajstić information content (AvgIpc) is 3.19. The Morgan fingerprint density at radius 1 is 1.24 bits per heavy atom. The van der Waals surface area contributed by atoms with Crippen molar-refractivity contribution in [2.75, 3.05) is 0 Å². The molecule has 2 unspecified atom stereocenters. The van der Waals surface area contributed by atoms with E-state index in [0.29, 0.717) is 11.7 Å². The molecule has 0 aliphatic heterocycles. The quantitative estimate of drug-likeness (QED) is 0.618. The number of allylic oxidation sites excluding steroid dienone is 2. The van der Waals surface area contributed by atoms with Crippen LogP contribution < -0.4 is 0 Å². The minimum atomic E-state index is 0.246. The number of rotatable bonds is 2. The van der Waals surface area contributed by atoms with Gasteiger partial charge in [0, 0.05) is 17.4 Å². The second kappa shape index (κ2) is 5.30. The van der Waals surface area contributed by atoms with Gasteiger partial charge in [-0.25, -0.2) is 0 Å². The zero-order valence-corrected chi connectivity index (χ0v) is 15.3. The van der Waals surface area contributed by atoms with Crippen LogP contribution in [0.2, 0.25) is 0 Å². The Labute approximate surface area is 150 Å². The molecule has 128 valence electrons. The summed E-state index contributed by atoms with van der Waals surface area (Å²) in [6.07, 6.45) is 8.98. The highest BCUT2D eigenvalue weighted by Crippen LogP contribution is 2.59. The van der Waals surface area contributed by atoms with E-state index in [9.17, 15) is 4.79 Å². The van der Waals surface area contributed by atoms with Crippen molar-refractivity contribution in [2.24, 2.45) is 11.8 Å². The molecule has 1 heteroatoms. The van der Waals surface area contributed by atoms with Crippen molar-refractivity contribution in [3.8, 4) is 0 Å². The van der Waals surface area contributed by atoms with Crippen molar-refractivity contribution in [1.29, 1.82) is 0 Å². The summed E-state index contributed by atoms with van der Waals surface area (Å²) in [4.78, 5) is 12.8. The summed E-state index contributed by atoms with van der Waals surface area (Å²) >= 11 is 0. The lowest BCUT2D eigenvalue weighted by Crippen LogP contribution is -2.37. The van der Waals surface area contributed by atoms with Crippen LogP contribution >= 0.6 is 0 Å². The van der Waals surface area contributed by atoms with E-state index in [4.69, 9.17) is 0 Å². The largest absolute Gasteiger partial charge is 0.294 e. The van der Waals surface area contributed by atoms with Crippen LogP contribution in [-0.4, -0.2) is 5.78 Å². The highest BCUT2D eigenvalue weighted by atomic mass is 16.1. The van der Waals surface area contributed by atoms with Crippen molar-refractivity contribution in [3.05, 3.63) is 58.7 Å². The van der Waals surface area contributed by atoms with Crippen LogP contribution in [-0.2, 0) is 11.8 Å². The molecule has 0 aromatic heterocycles. The first kappa shape index (κ1) is 15.4. The number of carbonyl (C=O) groups excluding carboxylic acids is 1. The molecule has 2 aromatic rings. The van der Waals surface area contributed by atoms with Crippen LogP contribution in [0.3, 0.4) is 0 Å². The van der Waals surface area contributed by atoms with E-state index in [2.05, 4.69) is 50.3 Å². The van der Waals surface area contributed by atoms with Gasteiger partial charge in [-0.3, -0.25) is 4.79 Å². The molecule has 5 rings (SSSR count). The zero-order chi connectivity index (χ0) is 17.2. The molecule has 0 heterocycles. The van der Waals surface area contributed by atoms with Gasteiger partial charge in [-0.05, 0) is 78.0 Å². The van der Waals surface area contributed by atoms with E-state index in [-0.39, 0.29) is 5.41 Å². The van der Waals surface area contributed by atoms with Crippen LogP contribution in [0.5, 0.6) is 0 Å². The van der Waals surface area contributed by atoms with Gasteiger partial charge in [0.05, 0.1) is 0 Å². The number of ketones is 1. The normalized spacial score (nSPS) is 27.4. The van der Waals surface area contributed by atoms with Crippen LogP contribution in [0, 0.1) is 11.8 Å². The maximum absolute atomic E-state index is 12.8. The van der Waals surface area contributed by atoms with Crippen molar-refractivity contribution in [2.45, 2.75) is 57.8 Å². The minimum absolute atomic E-state index is 0.246. The number of hydrogen-bond donors (Lipinski definition) is 0. The Bertz CT molecular complexity index is 917. The molecule has 25 heavy (non-hydrogen) atoms. The van der Waals surface area contributed by atoms with E-state index in [1.807, 2.05) is 0 Å². The summed E-state index contributed by atoms with van der Waals surface area (Å²) in [6, 6.07) is 11.3. The first-order chi connectivity index (χ1) is 12.1. The van der Waals surface area contributed by atoms with Gasteiger partial charge in [-0.2, -0.15) is 0 Å². The molecule has 0 radical (unpaired) electrons. The van der Waals surface area contributed by atoms with Gasteiger partial charge in [0.15, 0.2) is 5.78 Å². The summed E-state index contributed by atoms with van der Waals surface area (Å²) in [5.41, 5.74) is 5.67. The third-order valence-electron chi connectivity index (χ3n) is 6.90. The third-order valence-corrected chi connectivity index (χ3v) is 6.90. The van der Waals surface area contributed by atoms with Crippen molar-refractivity contribution >= 4 is 16.6 Å². The molecule has 2 bridgehead atoms. The summed E-state index contributed by atoms with van der Waals surface area (Å²) in [5, 5.41) is 2.62.